The largest absolute Gasteiger partial charge is 0.444 e. The minimum Gasteiger partial charge on any atom is -0.444 e. The molecule has 3 N–H and O–H groups in total. The number of carbonyl (C=O) groups is 4. The Kier molecular flexibility index (Phi) is 8.29. The van der Waals surface area contributed by atoms with Gasteiger partial charge in [0.2, 0.25) is 5.91 Å². The smallest absolute Gasteiger partial charge is 0.413 e. The topological polar surface area (TPSA) is 130 Å². The minimum atomic E-state index is -0.789. The zero-order valence-corrected chi connectivity index (χ0v) is 21.3. The fraction of sp³-hybridized carbons (Fsp3) is 0.423. The summed E-state index contributed by atoms with van der Waals surface area (Å²) in [4.78, 5) is 55.4. The number of piperidine rings is 1. The maximum Gasteiger partial charge on any atom is 0.413 e. The molecule has 1 aliphatic heterocycles. The number of amides is 4. The van der Waals surface area contributed by atoms with E-state index in [0.29, 0.717) is 30.6 Å². The van der Waals surface area contributed by atoms with E-state index in [4.69, 9.17) is 4.74 Å². The van der Waals surface area contributed by atoms with Gasteiger partial charge in [-0.05, 0) is 57.7 Å². The first kappa shape index (κ1) is 26.7. The number of hydrogen-bond acceptors (Lipinski definition) is 6. The van der Waals surface area contributed by atoms with Crippen LogP contribution in [0.3, 0.4) is 0 Å². The average molecular weight is 496 g/mol. The summed E-state index contributed by atoms with van der Waals surface area (Å²) in [5.41, 5.74) is 1.15. The summed E-state index contributed by atoms with van der Waals surface area (Å²) >= 11 is 0. The molecular weight excluding hydrogens is 462 g/mol. The first-order chi connectivity index (χ1) is 16.9. The molecule has 0 unspecified atom stereocenters. The molecule has 192 valence electrons. The number of rotatable bonds is 4. The molecule has 4 amide bonds. The van der Waals surface area contributed by atoms with Crippen molar-refractivity contribution in [3.8, 4) is 0 Å². The highest BCUT2D eigenvalue weighted by Gasteiger charge is 2.35. The predicted molar refractivity (Wildman–Crippen MR) is 135 cm³/mol. The molecule has 2 atom stereocenters. The molecule has 36 heavy (non-hydrogen) atoms. The molecule has 0 radical (unpaired) electrons. The van der Waals surface area contributed by atoms with Gasteiger partial charge >= 0.3 is 17.9 Å². The maximum atomic E-state index is 13.2. The second kappa shape index (κ2) is 11.2. The number of aryl methyl sites for hydroxylation is 1. The van der Waals surface area contributed by atoms with Crippen LogP contribution in [0.4, 0.5) is 16.3 Å². The summed E-state index contributed by atoms with van der Waals surface area (Å²) in [5.74, 6) is -1.30. The van der Waals surface area contributed by atoms with Gasteiger partial charge < -0.3 is 20.3 Å². The van der Waals surface area contributed by atoms with Crippen LogP contribution < -0.4 is 16.0 Å². The van der Waals surface area contributed by atoms with Gasteiger partial charge in [0.15, 0.2) is 0 Å². The maximum absolute atomic E-state index is 13.2. The summed E-state index contributed by atoms with van der Waals surface area (Å²) in [6, 6.07) is 10.6. The first-order valence-electron chi connectivity index (χ1n) is 11.8. The Bertz CT molecular complexity index is 1130. The highest BCUT2D eigenvalue weighted by atomic mass is 16.6. The van der Waals surface area contributed by atoms with Crippen molar-refractivity contribution in [2.75, 3.05) is 17.2 Å². The molecule has 0 bridgehead atoms. The molecule has 0 aliphatic carbocycles. The normalized spacial score (nSPS) is 17.6. The van der Waals surface area contributed by atoms with E-state index in [-0.39, 0.29) is 23.8 Å². The number of aromatic nitrogens is 1. The lowest BCUT2D eigenvalue weighted by atomic mass is 9.91. The third-order valence-corrected chi connectivity index (χ3v) is 5.60. The van der Waals surface area contributed by atoms with Crippen molar-refractivity contribution in [2.45, 2.75) is 65.1 Å². The summed E-state index contributed by atoms with van der Waals surface area (Å²) in [6.07, 6.45) is 1.78. The van der Waals surface area contributed by atoms with Crippen LogP contribution in [0.25, 0.3) is 0 Å². The fourth-order valence-corrected chi connectivity index (χ4v) is 4.11. The second-order valence-electron chi connectivity index (χ2n) is 9.82. The van der Waals surface area contributed by atoms with Crippen molar-refractivity contribution in [2.24, 2.45) is 0 Å². The number of anilines is 2. The molecule has 1 aromatic heterocycles. The molecule has 0 saturated carbocycles. The van der Waals surface area contributed by atoms with E-state index in [1.54, 1.807) is 38.7 Å². The molecule has 0 spiro atoms. The summed E-state index contributed by atoms with van der Waals surface area (Å²) < 4.78 is 5.23. The van der Waals surface area contributed by atoms with Crippen LogP contribution in [0.2, 0.25) is 0 Å². The lowest BCUT2D eigenvalue weighted by Gasteiger charge is -2.39. The highest BCUT2D eigenvalue weighted by Crippen LogP contribution is 2.31. The third kappa shape index (κ3) is 7.27. The molecule has 2 heterocycles. The van der Waals surface area contributed by atoms with E-state index < -0.39 is 23.5 Å². The summed E-state index contributed by atoms with van der Waals surface area (Å²) in [5, 5.41) is 8.10. The molecule has 1 aromatic carbocycles. The number of ether oxygens (including phenoxy) is 1. The SMILES string of the molecule is CC(=O)N[C@H]1CCN(C(=O)C(=O)Nc2cnc(NC(=O)OC(C)(C)C)c(C)c2)[C@@H](c2ccccc2)C1. The monoisotopic (exact) mass is 495 g/mol. The van der Waals surface area contributed by atoms with Crippen LogP contribution in [0, 0.1) is 6.92 Å². The minimum absolute atomic E-state index is 0.0864. The van der Waals surface area contributed by atoms with Gasteiger partial charge in [0.05, 0.1) is 17.9 Å². The molecular formula is C26H33N5O5. The van der Waals surface area contributed by atoms with E-state index in [1.807, 2.05) is 30.3 Å². The van der Waals surface area contributed by atoms with Gasteiger partial charge in [-0.3, -0.25) is 19.7 Å². The van der Waals surface area contributed by atoms with Crippen molar-refractivity contribution in [1.82, 2.24) is 15.2 Å². The quantitative estimate of drug-likeness (QED) is 0.556. The molecule has 1 saturated heterocycles. The Morgan fingerprint density at radius 2 is 1.78 bits per heavy atom. The standard InChI is InChI=1S/C26H33N5O5/c1-16-13-20(15-27-22(16)30-25(35)36-26(3,4)5)29-23(33)24(34)31-12-11-19(28-17(2)32)14-21(31)18-9-7-6-8-10-18/h6-10,13,15,19,21H,11-12,14H2,1-5H3,(H,28,32)(H,29,33)(H,27,30,35)/t19-,21+/m0/s1. The van der Waals surface area contributed by atoms with Crippen LogP contribution in [0.1, 0.15) is 57.7 Å². The van der Waals surface area contributed by atoms with Crippen LogP contribution in [-0.2, 0) is 19.1 Å². The van der Waals surface area contributed by atoms with Gasteiger partial charge in [-0.25, -0.2) is 9.78 Å². The number of nitrogens with one attached hydrogen (secondary N) is 3. The van der Waals surface area contributed by atoms with E-state index in [9.17, 15) is 19.2 Å². The Hall–Kier alpha value is -3.95. The van der Waals surface area contributed by atoms with E-state index >= 15 is 0 Å². The molecule has 10 heteroatoms. The Labute approximate surface area is 210 Å². The predicted octanol–water partition coefficient (Wildman–Crippen LogP) is 3.54. The molecule has 2 aromatic rings. The van der Waals surface area contributed by atoms with Crippen LogP contribution in [0.5, 0.6) is 0 Å². The number of likely N-dealkylation sites (tertiary alicyclic amines) is 1. The third-order valence-electron chi connectivity index (χ3n) is 5.60. The Balaban J connectivity index is 1.70. The number of pyridine rings is 1. The van der Waals surface area contributed by atoms with Crippen molar-refractivity contribution >= 4 is 35.3 Å². The fourth-order valence-electron chi connectivity index (χ4n) is 4.11. The van der Waals surface area contributed by atoms with Gasteiger partial charge in [0, 0.05) is 19.5 Å². The number of benzene rings is 1. The summed E-state index contributed by atoms with van der Waals surface area (Å²) in [7, 11) is 0. The van der Waals surface area contributed by atoms with Crippen molar-refractivity contribution in [3.63, 3.8) is 0 Å². The Morgan fingerprint density at radius 1 is 1.08 bits per heavy atom. The lowest BCUT2D eigenvalue weighted by Crippen LogP contribution is -2.50. The summed E-state index contributed by atoms with van der Waals surface area (Å²) in [6.45, 7) is 8.78. The molecule has 3 rings (SSSR count). The van der Waals surface area contributed by atoms with Crippen molar-refractivity contribution < 1.29 is 23.9 Å². The Morgan fingerprint density at radius 3 is 2.39 bits per heavy atom. The highest BCUT2D eigenvalue weighted by molar-refractivity contribution is 6.39. The van der Waals surface area contributed by atoms with Gasteiger partial charge in [0.1, 0.15) is 11.4 Å². The van der Waals surface area contributed by atoms with E-state index in [1.165, 1.54) is 13.1 Å². The van der Waals surface area contributed by atoms with Gasteiger partial charge in [-0.15, -0.1) is 0 Å². The van der Waals surface area contributed by atoms with Crippen LogP contribution >= 0.6 is 0 Å². The second-order valence-corrected chi connectivity index (χ2v) is 9.82. The molecule has 1 aliphatic rings. The van der Waals surface area contributed by atoms with Gasteiger partial charge in [-0.1, -0.05) is 30.3 Å². The van der Waals surface area contributed by atoms with Crippen LogP contribution in [-0.4, -0.2) is 51.9 Å². The zero-order valence-electron chi connectivity index (χ0n) is 21.3. The first-order valence-corrected chi connectivity index (χ1v) is 11.8. The zero-order chi connectivity index (χ0) is 26.5. The average Bonchev–Trinajstić information content (AvgIpc) is 2.79. The van der Waals surface area contributed by atoms with Crippen molar-refractivity contribution in [1.29, 1.82) is 0 Å². The van der Waals surface area contributed by atoms with E-state index in [2.05, 4.69) is 20.9 Å². The van der Waals surface area contributed by atoms with Crippen LogP contribution in [0.15, 0.2) is 42.6 Å². The van der Waals surface area contributed by atoms with Gasteiger partial charge in [0.25, 0.3) is 0 Å². The van der Waals surface area contributed by atoms with E-state index in [0.717, 1.165) is 5.56 Å². The van der Waals surface area contributed by atoms with Gasteiger partial charge in [-0.2, -0.15) is 0 Å². The number of nitrogens with zero attached hydrogens (tertiary/aromatic N) is 2. The van der Waals surface area contributed by atoms with Crippen molar-refractivity contribution in [3.05, 3.63) is 53.7 Å². The number of carbonyl (C=O) groups excluding carboxylic acids is 4. The molecule has 1 fully saturated rings. The lowest BCUT2D eigenvalue weighted by molar-refractivity contribution is -0.146. The number of hydrogen-bond donors (Lipinski definition) is 3. The molecule has 10 nitrogen and oxygen atoms in total.